The van der Waals surface area contributed by atoms with Crippen molar-refractivity contribution in [1.29, 1.82) is 0 Å². The van der Waals surface area contributed by atoms with Gasteiger partial charge in [-0.3, -0.25) is 0 Å². The van der Waals surface area contributed by atoms with Gasteiger partial charge in [-0.15, -0.1) is 0 Å². The summed E-state index contributed by atoms with van der Waals surface area (Å²) in [7, 11) is 0. The van der Waals surface area contributed by atoms with Gasteiger partial charge in [0.2, 0.25) is 0 Å². The molecule has 4 aliphatic heterocycles. The minimum atomic E-state index is -1.81. The van der Waals surface area contributed by atoms with Crippen LogP contribution in [0.5, 0.6) is 0 Å². The highest BCUT2D eigenvalue weighted by Crippen LogP contribution is 2.42. The van der Waals surface area contributed by atoms with Crippen LogP contribution in [-0.4, -0.2) is 218 Å². The summed E-state index contributed by atoms with van der Waals surface area (Å²) in [6.45, 7) is 8.41. The van der Waals surface area contributed by atoms with Crippen molar-refractivity contribution in [3.63, 3.8) is 0 Å². The monoisotopic (exact) mass is 752 g/mol. The standard InChI is InChI=1S/C16H30O10.C8H16O4.C6H10O7/c1-15(2)12(22)13(23)16(3,8(5-18)26-15)6-24-14-11(21)10(20)9(19)7(4-17)25-14;1-4-5(9)6(10)7(11)8(2,3)12-4;7-1-2(8)4(5(10)11)13-6(12)3(1)9/h7-14,17-23H,4-6H2,1-3H3;4-7,9-11H,1-3H3;1-4,6-9,12H,(H,10,11). The molecule has 4 rings (SSSR count). The second-order valence-electron chi connectivity index (χ2n) is 14.4. The topological polar surface area (TPSA) is 367 Å². The average Bonchev–Trinajstić information content (AvgIpc) is 3.07. The number of aliphatic hydroxyl groups is 14. The van der Waals surface area contributed by atoms with Gasteiger partial charge in [-0.2, -0.15) is 0 Å². The summed E-state index contributed by atoms with van der Waals surface area (Å²) in [6, 6.07) is 0. The van der Waals surface area contributed by atoms with Gasteiger partial charge in [0.25, 0.3) is 0 Å². The lowest BCUT2D eigenvalue weighted by Gasteiger charge is -2.53. The van der Waals surface area contributed by atoms with Crippen LogP contribution in [0.4, 0.5) is 0 Å². The van der Waals surface area contributed by atoms with Gasteiger partial charge in [0, 0.05) is 5.41 Å². The Kier molecular flexibility index (Phi) is 16.1. The highest BCUT2D eigenvalue weighted by molar-refractivity contribution is 5.73. The van der Waals surface area contributed by atoms with Crippen molar-refractivity contribution in [2.75, 3.05) is 19.8 Å². The first-order valence-corrected chi connectivity index (χ1v) is 16.2. The summed E-state index contributed by atoms with van der Waals surface area (Å²) < 4.78 is 26.1. The number of rotatable bonds is 6. The van der Waals surface area contributed by atoms with Crippen molar-refractivity contribution in [3.8, 4) is 0 Å². The predicted molar refractivity (Wildman–Crippen MR) is 165 cm³/mol. The third kappa shape index (κ3) is 10.1. The molecule has 18 atom stereocenters. The van der Waals surface area contributed by atoms with Crippen LogP contribution in [0.3, 0.4) is 0 Å². The maximum absolute atomic E-state index is 10.6. The maximum atomic E-state index is 10.6. The molecule has 15 N–H and O–H groups in total. The predicted octanol–water partition coefficient (Wildman–Crippen LogP) is -7.16. The molecule has 4 saturated heterocycles. The fourth-order valence-electron chi connectivity index (χ4n) is 5.95. The first-order chi connectivity index (χ1) is 23.3. The Hall–Kier alpha value is -1.29. The molecule has 0 spiro atoms. The van der Waals surface area contributed by atoms with Crippen LogP contribution >= 0.6 is 0 Å². The van der Waals surface area contributed by atoms with Crippen LogP contribution in [-0.2, 0) is 28.5 Å². The van der Waals surface area contributed by atoms with Crippen LogP contribution in [0.15, 0.2) is 0 Å². The van der Waals surface area contributed by atoms with E-state index in [1.165, 1.54) is 0 Å². The number of carbonyl (C=O) groups is 1. The molecule has 0 aliphatic carbocycles. The van der Waals surface area contributed by atoms with Gasteiger partial charge < -0.3 is 100 Å². The van der Waals surface area contributed by atoms with Crippen LogP contribution in [0.2, 0.25) is 0 Å². The Morgan fingerprint density at radius 2 is 1.14 bits per heavy atom. The number of aliphatic carboxylic acids is 1. The van der Waals surface area contributed by atoms with Crippen molar-refractivity contribution in [3.05, 3.63) is 0 Å². The number of hydrogen-bond donors (Lipinski definition) is 15. The molecule has 0 aromatic heterocycles. The molecule has 302 valence electrons. The first kappa shape index (κ1) is 45.9. The van der Waals surface area contributed by atoms with Crippen molar-refractivity contribution in [2.45, 2.75) is 157 Å². The first-order valence-electron chi connectivity index (χ1n) is 16.2. The summed E-state index contributed by atoms with van der Waals surface area (Å²) >= 11 is 0. The summed E-state index contributed by atoms with van der Waals surface area (Å²) in [5.41, 5.74) is -3.13. The average molecular weight is 753 g/mol. The van der Waals surface area contributed by atoms with E-state index >= 15 is 0 Å². The van der Waals surface area contributed by atoms with E-state index in [0.29, 0.717) is 0 Å². The van der Waals surface area contributed by atoms with Crippen LogP contribution in [0.1, 0.15) is 41.5 Å². The van der Waals surface area contributed by atoms with Gasteiger partial charge in [0.05, 0.1) is 49.3 Å². The molecule has 0 aromatic rings. The largest absolute Gasteiger partial charge is 0.479 e. The molecule has 18 unspecified atom stereocenters. The highest BCUT2D eigenvalue weighted by atomic mass is 16.7. The van der Waals surface area contributed by atoms with E-state index in [2.05, 4.69) is 4.74 Å². The third-order valence-corrected chi connectivity index (χ3v) is 9.63. The van der Waals surface area contributed by atoms with Gasteiger partial charge in [-0.25, -0.2) is 4.79 Å². The second-order valence-corrected chi connectivity index (χ2v) is 14.4. The zero-order valence-corrected chi connectivity index (χ0v) is 29.1. The van der Waals surface area contributed by atoms with E-state index in [4.69, 9.17) is 44.5 Å². The van der Waals surface area contributed by atoms with Gasteiger partial charge in [0.15, 0.2) is 18.7 Å². The van der Waals surface area contributed by atoms with Gasteiger partial charge >= 0.3 is 5.97 Å². The smallest absolute Gasteiger partial charge is 0.335 e. The molecule has 0 aromatic carbocycles. The number of carboxylic acid groups (broad SMARTS) is 1. The molecule has 0 radical (unpaired) electrons. The van der Waals surface area contributed by atoms with E-state index in [1.54, 1.807) is 41.5 Å². The number of ether oxygens (including phenoxy) is 5. The Morgan fingerprint density at radius 1 is 0.608 bits per heavy atom. The number of carboxylic acids is 1. The molecule has 4 fully saturated rings. The van der Waals surface area contributed by atoms with Crippen LogP contribution in [0.25, 0.3) is 0 Å². The lowest BCUT2D eigenvalue weighted by atomic mass is 9.71. The van der Waals surface area contributed by atoms with E-state index in [-0.39, 0.29) is 6.61 Å². The fraction of sp³-hybridized carbons (Fsp3) is 0.967. The maximum Gasteiger partial charge on any atom is 0.335 e. The Balaban J connectivity index is 0.000000300. The van der Waals surface area contributed by atoms with Gasteiger partial charge in [0.1, 0.15) is 67.1 Å². The van der Waals surface area contributed by atoms with Crippen LogP contribution < -0.4 is 0 Å². The SMILES string of the molecule is CC1(C)OC(CO)C(C)(COC2OC(CO)C(O)C(O)C2O)C(O)C1O.CC1OC(C)(C)C(O)C(O)C1O.O=C(O)C1OC(O)C(O)C(O)C1O. The number of aliphatic hydroxyl groups excluding tert-OH is 14. The van der Waals surface area contributed by atoms with E-state index < -0.39 is 140 Å². The quantitative estimate of drug-likeness (QED) is 0.120. The molecular formula is C30H56O21. The van der Waals surface area contributed by atoms with Crippen molar-refractivity contribution in [1.82, 2.24) is 0 Å². The van der Waals surface area contributed by atoms with Gasteiger partial charge in [-0.1, -0.05) is 6.92 Å². The van der Waals surface area contributed by atoms with Crippen molar-refractivity contribution >= 4 is 5.97 Å². The molecule has 0 amide bonds. The minimum Gasteiger partial charge on any atom is -0.479 e. The van der Waals surface area contributed by atoms with Crippen molar-refractivity contribution in [2.24, 2.45) is 5.41 Å². The molecule has 0 bridgehead atoms. The van der Waals surface area contributed by atoms with Crippen LogP contribution in [0, 0.1) is 5.41 Å². The zero-order chi connectivity index (χ0) is 39.5. The van der Waals surface area contributed by atoms with E-state index in [0.717, 1.165) is 0 Å². The Morgan fingerprint density at radius 3 is 1.65 bits per heavy atom. The molecule has 4 aliphatic rings. The highest BCUT2D eigenvalue weighted by Gasteiger charge is 2.56. The summed E-state index contributed by atoms with van der Waals surface area (Å²) in [4.78, 5) is 10.4. The zero-order valence-electron chi connectivity index (χ0n) is 29.1. The van der Waals surface area contributed by atoms with E-state index in [9.17, 15) is 55.9 Å². The summed E-state index contributed by atoms with van der Waals surface area (Å²) in [5, 5.41) is 142. The molecule has 4 heterocycles. The normalized spacial score (nSPS) is 48.0. The fourth-order valence-corrected chi connectivity index (χ4v) is 5.95. The molecular weight excluding hydrogens is 696 g/mol. The second kappa shape index (κ2) is 17.9. The lowest BCUT2D eigenvalue weighted by molar-refractivity contribution is -0.328. The summed E-state index contributed by atoms with van der Waals surface area (Å²) in [5.74, 6) is -1.52. The molecule has 21 heteroatoms. The molecule has 21 nitrogen and oxygen atoms in total. The van der Waals surface area contributed by atoms with Crippen molar-refractivity contribution < 1.29 is 105 Å². The van der Waals surface area contributed by atoms with E-state index in [1.807, 2.05) is 0 Å². The Labute approximate surface area is 293 Å². The minimum absolute atomic E-state index is 0.296. The Bertz CT molecular complexity index is 1090. The summed E-state index contributed by atoms with van der Waals surface area (Å²) in [6.07, 6.45) is -23.0. The van der Waals surface area contributed by atoms with Gasteiger partial charge in [-0.05, 0) is 34.6 Å². The lowest BCUT2D eigenvalue weighted by Crippen LogP contribution is -2.67. The molecule has 51 heavy (non-hydrogen) atoms. The third-order valence-electron chi connectivity index (χ3n) is 9.63. The number of hydrogen-bond acceptors (Lipinski definition) is 20. The molecule has 0 saturated carbocycles.